The molecule has 0 aliphatic heterocycles. The van der Waals surface area contributed by atoms with Crippen molar-refractivity contribution in [3.8, 4) is 0 Å². The number of aliphatic hydroxyl groups is 1. The number of nitrogens with one attached hydrogen (secondary N) is 1. The van der Waals surface area contributed by atoms with E-state index in [-0.39, 0.29) is 0 Å². The summed E-state index contributed by atoms with van der Waals surface area (Å²) in [5, 5.41) is 14.4. The molecule has 20 heavy (non-hydrogen) atoms. The number of hydrogen-bond acceptors (Lipinski definition) is 2. The van der Waals surface area contributed by atoms with Gasteiger partial charge in [-0.15, -0.1) is 0 Å². The zero-order valence-corrected chi connectivity index (χ0v) is 13.4. The Balaban J connectivity index is 2.07. The Hall–Kier alpha value is -0.860. The van der Waals surface area contributed by atoms with Crippen molar-refractivity contribution in [1.29, 1.82) is 0 Å². The largest absolute Gasteiger partial charge is 0.390 e. The van der Waals surface area contributed by atoms with Crippen LogP contribution < -0.4 is 5.32 Å². The van der Waals surface area contributed by atoms with Gasteiger partial charge in [0.25, 0.3) is 0 Å². The minimum Gasteiger partial charge on any atom is -0.390 e. The first-order valence-electron chi connectivity index (χ1n) is 7.96. The second-order valence-electron chi connectivity index (χ2n) is 6.61. The normalized spacial score (nSPS) is 26.8. The molecule has 1 aromatic carbocycles. The maximum atomic E-state index is 10.9. The SMILES string of the molecule is CCNC1CCC(O)(Cc2c(C)cc(C)cc2C)CC1. The van der Waals surface area contributed by atoms with Crippen molar-refractivity contribution in [2.45, 2.75) is 71.4 Å². The molecule has 2 nitrogen and oxygen atoms in total. The maximum absolute atomic E-state index is 10.9. The molecular weight excluding hydrogens is 246 g/mol. The minimum absolute atomic E-state index is 0.503. The molecule has 1 aliphatic carbocycles. The van der Waals surface area contributed by atoms with Gasteiger partial charge in [-0.3, -0.25) is 0 Å². The van der Waals surface area contributed by atoms with Crippen LogP contribution in [0.1, 0.15) is 54.9 Å². The first kappa shape index (κ1) is 15.5. The summed E-state index contributed by atoms with van der Waals surface area (Å²) in [4.78, 5) is 0. The third-order valence-corrected chi connectivity index (χ3v) is 4.76. The van der Waals surface area contributed by atoms with Crippen LogP contribution in [-0.2, 0) is 6.42 Å². The molecule has 1 saturated carbocycles. The number of benzene rings is 1. The Labute approximate surface area is 123 Å². The van der Waals surface area contributed by atoms with Crippen molar-refractivity contribution in [3.05, 3.63) is 34.4 Å². The zero-order chi connectivity index (χ0) is 14.8. The molecule has 2 heteroatoms. The van der Waals surface area contributed by atoms with E-state index in [2.05, 4.69) is 45.1 Å². The summed E-state index contributed by atoms with van der Waals surface area (Å²) in [6, 6.07) is 5.06. The molecule has 0 unspecified atom stereocenters. The highest BCUT2D eigenvalue weighted by molar-refractivity contribution is 5.38. The Morgan fingerprint density at radius 2 is 1.70 bits per heavy atom. The Kier molecular flexibility index (Phi) is 4.87. The first-order chi connectivity index (χ1) is 9.43. The maximum Gasteiger partial charge on any atom is 0.0689 e. The Bertz CT molecular complexity index is 435. The molecule has 1 aliphatic rings. The van der Waals surface area contributed by atoms with Crippen LogP contribution in [0.2, 0.25) is 0 Å². The van der Waals surface area contributed by atoms with Crippen LogP contribution in [0.5, 0.6) is 0 Å². The van der Waals surface area contributed by atoms with Crippen LogP contribution in [0.25, 0.3) is 0 Å². The molecule has 0 bridgehead atoms. The number of hydrogen-bond donors (Lipinski definition) is 2. The number of rotatable bonds is 4. The smallest absolute Gasteiger partial charge is 0.0689 e. The van der Waals surface area contributed by atoms with Gasteiger partial charge in [-0.1, -0.05) is 24.6 Å². The van der Waals surface area contributed by atoms with Crippen molar-refractivity contribution in [1.82, 2.24) is 5.32 Å². The Morgan fingerprint density at radius 3 is 2.20 bits per heavy atom. The van der Waals surface area contributed by atoms with E-state index >= 15 is 0 Å². The van der Waals surface area contributed by atoms with Crippen molar-refractivity contribution in [2.24, 2.45) is 0 Å². The minimum atomic E-state index is -0.503. The van der Waals surface area contributed by atoms with E-state index in [1.54, 1.807) is 0 Å². The first-order valence-corrected chi connectivity index (χ1v) is 7.96. The molecule has 0 radical (unpaired) electrons. The molecule has 2 rings (SSSR count). The molecule has 2 N–H and O–H groups in total. The fraction of sp³-hybridized carbons (Fsp3) is 0.667. The average molecular weight is 275 g/mol. The van der Waals surface area contributed by atoms with Gasteiger partial charge in [0.1, 0.15) is 0 Å². The molecule has 1 aromatic rings. The molecule has 1 fully saturated rings. The van der Waals surface area contributed by atoms with Crippen LogP contribution in [0, 0.1) is 20.8 Å². The van der Waals surface area contributed by atoms with Gasteiger partial charge in [0.15, 0.2) is 0 Å². The lowest BCUT2D eigenvalue weighted by Gasteiger charge is -2.37. The van der Waals surface area contributed by atoms with Gasteiger partial charge in [0.2, 0.25) is 0 Å². The van der Waals surface area contributed by atoms with Gasteiger partial charge >= 0.3 is 0 Å². The molecule has 0 aromatic heterocycles. The third-order valence-electron chi connectivity index (χ3n) is 4.76. The van der Waals surface area contributed by atoms with Crippen molar-refractivity contribution >= 4 is 0 Å². The van der Waals surface area contributed by atoms with E-state index in [1.807, 2.05) is 0 Å². The second kappa shape index (κ2) is 6.28. The van der Waals surface area contributed by atoms with Crippen LogP contribution in [0.15, 0.2) is 12.1 Å². The highest BCUT2D eigenvalue weighted by Gasteiger charge is 2.33. The predicted octanol–water partition coefficient (Wildman–Crippen LogP) is 3.44. The topological polar surface area (TPSA) is 32.3 Å². The van der Waals surface area contributed by atoms with Crippen molar-refractivity contribution < 1.29 is 5.11 Å². The Morgan fingerprint density at radius 1 is 1.15 bits per heavy atom. The quantitative estimate of drug-likeness (QED) is 0.882. The molecule has 112 valence electrons. The van der Waals surface area contributed by atoms with Crippen LogP contribution in [0.4, 0.5) is 0 Å². The third kappa shape index (κ3) is 3.62. The van der Waals surface area contributed by atoms with E-state index < -0.39 is 5.60 Å². The van der Waals surface area contributed by atoms with E-state index in [0.29, 0.717) is 6.04 Å². The summed E-state index contributed by atoms with van der Waals surface area (Å²) in [6.07, 6.45) is 4.82. The summed E-state index contributed by atoms with van der Waals surface area (Å²) in [5.41, 5.74) is 4.80. The monoisotopic (exact) mass is 275 g/mol. The molecule has 0 amide bonds. The van der Waals surface area contributed by atoms with E-state index in [0.717, 1.165) is 38.6 Å². The molecule has 0 heterocycles. The van der Waals surface area contributed by atoms with Crippen molar-refractivity contribution in [3.63, 3.8) is 0 Å². The van der Waals surface area contributed by atoms with Gasteiger partial charge in [-0.2, -0.15) is 0 Å². The summed E-state index contributed by atoms with van der Waals surface area (Å²) in [7, 11) is 0. The molecule has 0 saturated heterocycles. The van der Waals surface area contributed by atoms with E-state index in [9.17, 15) is 5.11 Å². The summed E-state index contributed by atoms with van der Waals surface area (Å²) in [5.74, 6) is 0. The zero-order valence-electron chi connectivity index (χ0n) is 13.4. The highest BCUT2D eigenvalue weighted by atomic mass is 16.3. The summed E-state index contributed by atoms with van der Waals surface area (Å²) in [6.45, 7) is 9.66. The van der Waals surface area contributed by atoms with Gasteiger partial charge < -0.3 is 10.4 Å². The summed E-state index contributed by atoms with van der Waals surface area (Å²) >= 11 is 0. The summed E-state index contributed by atoms with van der Waals surface area (Å²) < 4.78 is 0. The van der Waals surface area contributed by atoms with E-state index in [4.69, 9.17) is 0 Å². The van der Waals surface area contributed by atoms with Gasteiger partial charge in [0, 0.05) is 12.5 Å². The standard InChI is InChI=1S/C18H29NO/c1-5-19-16-6-8-18(20,9-7-16)12-17-14(3)10-13(2)11-15(17)4/h10-11,16,19-20H,5-9,12H2,1-4H3. The fourth-order valence-corrected chi connectivity index (χ4v) is 3.64. The number of aryl methyl sites for hydroxylation is 3. The lowest BCUT2D eigenvalue weighted by atomic mass is 9.77. The lowest BCUT2D eigenvalue weighted by molar-refractivity contribution is -0.00319. The molecular formula is C18H29NO. The fourth-order valence-electron chi connectivity index (χ4n) is 3.64. The molecule has 0 atom stereocenters. The lowest BCUT2D eigenvalue weighted by Crippen LogP contribution is -2.42. The van der Waals surface area contributed by atoms with E-state index in [1.165, 1.54) is 22.3 Å². The van der Waals surface area contributed by atoms with Crippen LogP contribution in [-0.4, -0.2) is 23.3 Å². The highest BCUT2D eigenvalue weighted by Crippen LogP contribution is 2.33. The van der Waals surface area contributed by atoms with Gasteiger partial charge in [-0.25, -0.2) is 0 Å². The average Bonchev–Trinajstić information content (AvgIpc) is 2.37. The second-order valence-corrected chi connectivity index (χ2v) is 6.61. The predicted molar refractivity (Wildman–Crippen MR) is 85.2 cm³/mol. The van der Waals surface area contributed by atoms with Crippen LogP contribution >= 0.6 is 0 Å². The van der Waals surface area contributed by atoms with Crippen molar-refractivity contribution in [2.75, 3.05) is 6.54 Å². The molecule has 0 spiro atoms. The van der Waals surface area contributed by atoms with Gasteiger partial charge in [-0.05, 0) is 69.7 Å². The van der Waals surface area contributed by atoms with Crippen LogP contribution in [0.3, 0.4) is 0 Å². The van der Waals surface area contributed by atoms with Gasteiger partial charge in [0.05, 0.1) is 5.60 Å².